The van der Waals surface area contributed by atoms with Crippen molar-refractivity contribution in [3.8, 4) is 10.8 Å². The first-order valence-corrected chi connectivity index (χ1v) is 12.2. The first-order chi connectivity index (χ1) is 17.7. The highest BCUT2D eigenvalue weighted by atomic mass is 32.1. The Morgan fingerprint density at radius 2 is 1.95 bits per heavy atom. The van der Waals surface area contributed by atoms with Gasteiger partial charge in [0.15, 0.2) is 17.2 Å². The standard InChI is InChI=1S/C26H24N6O4S/c1-26(2,35)14-32-19-10-9-17(31(3)24(34)16-7-5-4-6-8-16)11-18(19)29-25(32)30-22(33)21-13-28-23(37-21)20-12-27-15-36-20/h4-13,15,35H,14H2,1-3H3,(H,29,30,33). The molecule has 0 saturated carbocycles. The lowest BCUT2D eigenvalue weighted by atomic mass is 10.1. The number of aromatic nitrogens is 4. The normalized spacial score (nSPS) is 11.6. The number of oxazole rings is 1. The Balaban J connectivity index is 1.46. The summed E-state index contributed by atoms with van der Waals surface area (Å²) in [7, 11) is 1.70. The number of hydrogen-bond acceptors (Lipinski definition) is 8. The second-order valence-corrected chi connectivity index (χ2v) is 10.1. The lowest BCUT2D eigenvalue weighted by molar-refractivity contribution is 0.0630. The number of anilines is 2. The monoisotopic (exact) mass is 516 g/mol. The van der Waals surface area contributed by atoms with Crippen LogP contribution in [0.2, 0.25) is 0 Å². The van der Waals surface area contributed by atoms with E-state index >= 15 is 0 Å². The third kappa shape index (κ3) is 5.13. The molecule has 0 unspecified atom stereocenters. The Morgan fingerprint density at radius 1 is 1.16 bits per heavy atom. The third-order valence-corrected chi connectivity index (χ3v) is 6.60. The van der Waals surface area contributed by atoms with Gasteiger partial charge < -0.3 is 19.0 Å². The summed E-state index contributed by atoms with van der Waals surface area (Å²) in [6.45, 7) is 3.54. The summed E-state index contributed by atoms with van der Waals surface area (Å²) in [6, 6.07) is 14.4. The Bertz CT molecular complexity index is 1570. The van der Waals surface area contributed by atoms with E-state index in [4.69, 9.17) is 4.42 Å². The maximum absolute atomic E-state index is 13.1. The summed E-state index contributed by atoms with van der Waals surface area (Å²) >= 11 is 1.16. The van der Waals surface area contributed by atoms with E-state index in [1.807, 2.05) is 30.3 Å². The molecular formula is C26H24N6O4S. The number of carbonyl (C=O) groups is 2. The molecule has 11 heteroatoms. The minimum Gasteiger partial charge on any atom is -0.441 e. The highest BCUT2D eigenvalue weighted by Gasteiger charge is 2.23. The molecular weight excluding hydrogens is 492 g/mol. The van der Waals surface area contributed by atoms with E-state index in [2.05, 4.69) is 20.3 Å². The highest BCUT2D eigenvalue weighted by Crippen LogP contribution is 2.29. The summed E-state index contributed by atoms with van der Waals surface area (Å²) in [4.78, 5) is 40.6. The number of rotatable bonds is 7. The molecule has 2 amide bonds. The van der Waals surface area contributed by atoms with Crippen molar-refractivity contribution in [2.24, 2.45) is 0 Å². The largest absolute Gasteiger partial charge is 0.441 e. The van der Waals surface area contributed by atoms with Crippen LogP contribution in [0.1, 0.15) is 33.9 Å². The van der Waals surface area contributed by atoms with Gasteiger partial charge in [-0.2, -0.15) is 0 Å². The molecule has 3 heterocycles. The molecule has 3 aromatic heterocycles. The quantitative estimate of drug-likeness (QED) is 0.327. The van der Waals surface area contributed by atoms with Crippen LogP contribution >= 0.6 is 11.3 Å². The number of hydrogen-bond donors (Lipinski definition) is 2. The molecule has 2 aromatic carbocycles. The summed E-state index contributed by atoms with van der Waals surface area (Å²) < 4.78 is 7.00. The number of benzene rings is 2. The fraction of sp³-hybridized carbons (Fsp3) is 0.192. The maximum Gasteiger partial charge on any atom is 0.269 e. The van der Waals surface area contributed by atoms with Crippen LogP contribution in [0.15, 0.2) is 71.7 Å². The van der Waals surface area contributed by atoms with E-state index in [1.165, 1.54) is 18.8 Å². The van der Waals surface area contributed by atoms with Crippen LogP contribution < -0.4 is 10.2 Å². The molecule has 5 rings (SSSR count). The molecule has 0 radical (unpaired) electrons. The van der Waals surface area contributed by atoms with Crippen molar-refractivity contribution in [1.29, 1.82) is 0 Å². The smallest absolute Gasteiger partial charge is 0.269 e. The molecule has 0 atom stereocenters. The van der Waals surface area contributed by atoms with E-state index in [9.17, 15) is 14.7 Å². The van der Waals surface area contributed by atoms with Gasteiger partial charge >= 0.3 is 0 Å². The molecule has 0 aliphatic rings. The van der Waals surface area contributed by atoms with E-state index in [0.717, 1.165) is 11.3 Å². The lowest BCUT2D eigenvalue weighted by Gasteiger charge is -2.20. The van der Waals surface area contributed by atoms with Crippen molar-refractivity contribution in [3.05, 3.63) is 77.8 Å². The van der Waals surface area contributed by atoms with Gasteiger partial charge in [0.2, 0.25) is 5.95 Å². The van der Waals surface area contributed by atoms with Gasteiger partial charge in [0, 0.05) is 18.3 Å². The fourth-order valence-electron chi connectivity index (χ4n) is 3.84. The number of nitrogens with zero attached hydrogens (tertiary/aromatic N) is 5. The van der Waals surface area contributed by atoms with Gasteiger partial charge in [0.25, 0.3) is 11.8 Å². The predicted octanol–water partition coefficient (Wildman–Crippen LogP) is 4.45. The molecule has 37 heavy (non-hydrogen) atoms. The number of aliphatic hydroxyl groups is 1. The van der Waals surface area contributed by atoms with E-state index in [1.54, 1.807) is 48.6 Å². The number of carbonyl (C=O) groups excluding carboxylic acids is 2. The van der Waals surface area contributed by atoms with Crippen LogP contribution in [0.4, 0.5) is 11.6 Å². The Hall–Kier alpha value is -4.35. The molecule has 0 aliphatic heterocycles. The van der Waals surface area contributed by atoms with Gasteiger partial charge in [0.1, 0.15) is 4.88 Å². The zero-order valence-electron chi connectivity index (χ0n) is 20.4. The van der Waals surface area contributed by atoms with Gasteiger partial charge in [-0.05, 0) is 44.2 Å². The van der Waals surface area contributed by atoms with Crippen LogP contribution in [0.5, 0.6) is 0 Å². The van der Waals surface area contributed by atoms with Crippen LogP contribution in [0.3, 0.4) is 0 Å². The van der Waals surface area contributed by atoms with Crippen molar-refractivity contribution in [2.45, 2.75) is 26.0 Å². The number of thiazole rings is 1. The molecule has 5 aromatic rings. The first kappa shape index (κ1) is 24.3. The van der Waals surface area contributed by atoms with Crippen molar-refractivity contribution in [1.82, 2.24) is 19.5 Å². The molecule has 2 N–H and O–H groups in total. The minimum absolute atomic E-state index is 0.155. The van der Waals surface area contributed by atoms with Gasteiger partial charge in [0.05, 0.1) is 35.6 Å². The van der Waals surface area contributed by atoms with Gasteiger partial charge in [-0.25, -0.2) is 15.0 Å². The molecule has 0 bridgehead atoms. The predicted molar refractivity (Wildman–Crippen MR) is 141 cm³/mol. The molecule has 10 nitrogen and oxygen atoms in total. The zero-order chi connectivity index (χ0) is 26.2. The SMILES string of the molecule is CN(C(=O)c1ccccc1)c1ccc2c(c1)nc(NC(=O)c1cnc(-c3cnco3)s1)n2CC(C)(C)O. The van der Waals surface area contributed by atoms with Crippen LogP contribution in [0, 0.1) is 0 Å². The highest BCUT2D eigenvalue weighted by molar-refractivity contribution is 7.16. The van der Waals surface area contributed by atoms with E-state index < -0.39 is 11.5 Å². The maximum atomic E-state index is 13.1. The third-order valence-electron chi connectivity index (χ3n) is 5.59. The summed E-state index contributed by atoms with van der Waals surface area (Å²) in [6.07, 6.45) is 4.29. The number of amides is 2. The van der Waals surface area contributed by atoms with Crippen molar-refractivity contribution in [2.75, 3.05) is 17.3 Å². The average Bonchev–Trinajstić information content (AvgIpc) is 3.63. The average molecular weight is 517 g/mol. The number of fused-ring (bicyclic) bond motifs is 1. The summed E-state index contributed by atoms with van der Waals surface area (Å²) in [5.41, 5.74) is 1.41. The van der Waals surface area contributed by atoms with Crippen LogP contribution in [-0.2, 0) is 6.54 Å². The Labute approximate surface area is 216 Å². The first-order valence-electron chi connectivity index (χ1n) is 11.4. The Kier molecular flexibility index (Phi) is 6.32. The van der Waals surface area contributed by atoms with Gasteiger partial charge in [-0.15, -0.1) is 11.3 Å². The topological polar surface area (TPSA) is 126 Å². The van der Waals surface area contributed by atoms with Gasteiger partial charge in [-0.1, -0.05) is 18.2 Å². The lowest BCUT2D eigenvalue weighted by Crippen LogP contribution is -2.27. The summed E-state index contributed by atoms with van der Waals surface area (Å²) in [5, 5.41) is 13.9. The van der Waals surface area contributed by atoms with Crippen LogP contribution in [-0.4, -0.2) is 49.1 Å². The van der Waals surface area contributed by atoms with E-state index in [-0.39, 0.29) is 18.4 Å². The Morgan fingerprint density at radius 3 is 2.65 bits per heavy atom. The van der Waals surface area contributed by atoms with Gasteiger partial charge in [-0.3, -0.25) is 14.9 Å². The zero-order valence-corrected chi connectivity index (χ0v) is 21.2. The second-order valence-electron chi connectivity index (χ2n) is 9.09. The second kappa shape index (κ2) is 9.60. The number of imidazole rings is 1. The van der Waals surface area contributed by atoms with Crippen LogP contribution in [0.25, 0.3) is 21.8 Å². The molecule has 0 saturated heterocycles. The minimum atomic E-state index is -1.07. The van der Waals surface area contributed by atoms with E-state index in [0.29, 0.717) is 37.9 Å². The molecule has 0 aliphatic carbocycles. The molecule has 0 fully saturated rings. The van der Waals surface area contributed by atoms with Crippen molar-refractivity contribution >= 4 is 45.8 Å². The molecule has 0 spiro atoms. The summed E-state index contributed by atoms with van der Waals surface area (Å²) in [5.74, 6) is 0.190. The fourth-order valence-corrected chi connectivity index (χ4v) is 4.60. The number of nitrogens with one attached hydrogen (secondary N) is 1. The molecule has 188 valence electrons. The van der Waals surface area contributed by atoms with Crippen molar-refractivity contribution < 1.29 is 19.1 Å². The van der Waals surface area contributed by atoms with Crippen molar-refractivity contribution in [3.63, 3.8) is 0 Å².